The molecule has 0 aliphatic heterocycles. The van der Waals surface area contributed by atoms with Crippen LogP contribution < -0.4 is 0 Å². The Morgan fingerprint density at radius 1 is 0.909 bits per heavy atom. The van der Waals surface area contributed by atoms with Crippen LogP contribution in [0.25, 0.3) is 5.76 Å². The molecule has 2 aromatic rings. The summed E-state index contributed by atoms with van der Waals surface area (Å²) < 4.78 is 3.10. The molecule has 2 aromatic carbocycles. The van der Waals surface area contributed by atoms with Gasteiger partial charge in [0.1, 0.15) is 5.76 Å². The molecule has 22 heavy (non-hydrogen) atoms. The van der Waals surface area contributed by atoms with Crippen LogP contribution in [-0.4, -0.2) is 35.1 Å². The molecule has 3 heteroatoms. The van der Waals surface area contributed by atoms with Gasteiger partial charge in [-0.2, -0.15) is 0 Å². The van der Waals surface area contributed by atoms with E-state index in [9.17, 15) is 9.90 Å². The minimum absolute atomic E-state index is 0.0144. The van der Waals surface area contributed by atoms with Gasteiger partial charge in [0, 0.05) is 17.2 Å². The molecule has 0 saturated heterocycles. The predicted molar refractivity (Wildman–Crippen MR) is 94.5 cm³/mol. The van der Waals surface area contributed by atoms with E-state index in [0.717, 1.165) is 0 Å². The first-order valence-corrected chi connectivity index (χ1v) is 13.9. The summed E-state index contributed by atoms with van der Waals surface area (Å²) in [4.78, 5) is 11.8. The maximum Gasteiger partial charge on any atom is 0.189 e. The van der Waals surface area contributed by atoms with Gasteiger partial charge in [0.05, 0.1) is 0 Å². The van der Waals surface area contributed by atoms with Gasteiger partial charge in [0.2, 0.25) is 0 Å². The molecule has 2 rings (SSSR count). The zero-order valence-electron chi connectivity index (χ0n) is 13.2. The van der Waals surface area contributed by atoms with Crippen LogP contribution in [-0.2, 0) is 0 Å². The summed E-state index contributed by atoms with van der Waals surface area (Å²) in [7, 11) is 0. The Labute approximate surface area is 145 Å². The minimum Gasteiger partial charge on any atom is -0.507 e. The van der Waals surface area contributed by atoms with Gasteiger partial charge < -0.3 is 5.11 Å². The van der Waals surface area contributed by atoms with E-state index >= 15 is 0 Å². The van der Waals surface area contributed by atoms with Crippen LogP contribution in [0.4, 0.5) is 0 Å². The molecule has 0 atom stereocenters. The molecule has 0 radical (unpaired) electrons. The molecule has 0 heterocycles. The van der Waals surface area contributed by atoms with Gasteiger partial charge in [0.15, 0.2) is 5.78 Å². The van der Waals surface area contributed by atoms with Crippen LogP contribution in [0.3, 0.4) is 0 Å². The normalized spacial score (nSPS) is 10.2. The molecule has 0 fully saturated rings. The van der Waals surface area contributed by atoms with E-state index < -0.39 is 0 Å². The van der Waals surface area contributed by atoms with Crippen LogP contribution in [0, 0.1) is 0 Å². The van der Waals surface area contributed by atoms with E-state index in [-0.39, 0.29) is 35.8 Å². The Morgan fingerprint density at radius 3 is 1.77 bits per heavy atom. The summed E-state index contributed by atoms with van der Waals surface area (Å²) in [6.45, 7) is 4.61. The van der Waals surface area contributed by atoms with Crippen molar-refractivity contribution in [3.05, 3.63) is 77.9 Å². The maximum atomic E-state index is 11.8. The first-order valence-electron chi connectivity index (χ1n) is 7.56. The quantitative estimate of drug-likeness (QED) is 0.278. The number of carbonyl (C=O) groups excluding carboxylic acids is 1. The largest absolute Gasteiger partial charge is 0.507 e. The molecule has 0 aliphatic carbocycles. The zero-order chi connectivity index (χ0) is 16.2. The summed E-state index contributed by atoms with van der Waals surface area (Å²) in [5.74, 6) is -0.216. The smallest absolute Gasteiger partial charge is 0.189 e. The van der Waals surface area contributed by atoms with Crippen molar-refractivity contribution in [2.75, 3.05) is 0 Å². The molecule has 113 valence electrons. The molecular weight excluding hydrogens is 465 g/mol. The summed E-state index contributed by atoms with van der Waals surface area (Å²) in [6, 6.07) is 17.9. The van der Waals surface area contributed by atoms with Crippen molar-refractivity contribution in [3.8, 4) is 0 Å². The molecule has 0 unspecified atom stereocenters. The maximum absolute atomic E-state index is 11.8. The topological polar surface area (TPSA) is 37.3 Å². The third kappa shape index (κ3) is 7.02. The number of ketones is 1. The van der Waals surface area contributed by atoms with Crippen LogP contribution >= 0.6 is 0 Å². The predicted octanol–water partition coefficient (Wildman–Crippen LogP) is 5.04. The summed E-state index contributed by atoms with van der Waals surface area (Å²) in [5.41, 5.74) is 1.20. The van der Waals surface area contributed by atoms with E-state index in [0.29, 0.717) is 11.1 Å². The number of rotatable bonds is 5. The number of allylic oxidation sites excluding steroid dienone is 1. The Balaban J connectivity index is 0.000000422. The number of hydrogen-bond donors (Lipinski definition) is 1. The van der Waals surface area contributed by atoms with Crippen molar-refractivity contribution in [2.24, 2.45) is 0 Å². The van der Waals surface area contributed by atoms with Gasteiger partial charge in [-0.1, -0.05) is 60.7 Å². The SMILES string of the molecule is C[CH2][Tl][CH2]C.O=C(/C=C(\O)c1ccccc1)c1ccccc1. The number of aliphatic hydroxyl groups is 1. The van der Waals surface area contributed by atoms with Crippen molar-refractivity contribution in [1.82, 2.24) is 0 Å². The van der Waals surface area contributed by atoms with Crippen LogP contribution in [0.15, 0.2) is 66.7 Å². The number of hydrogen-bond acceptors (Lipinski definition) is 2. The Kier molecular flexibility index (Phi) is 9.46. The molecular formula is C19H22O2Tl. The van der Waals surface area contributed by atoms with Gasteiger partial charge in [-0.25, -0.2) is 0 Å². The fraction of sp³-hybridized carbons (Fsp3) is 0.211. The molecule has 0 bridgehead atoms. The molecule has 0 spiro atoms. The van der Waals surface area contributed by atoms with Crippen molar-refractivity contribution in [1.29, 1.82) is 0 Å². The Bertz CT molecular complexity index is 575. The molecule has 1 N–H and O–H groups in total. The summed E-state index contributed by atoms with van der Waals surface area (Å²) in [5, 5.41) is 9.79. The van der Waals surface area contributed by atoms with Crippen LogP contribution in [0.2, 0.25) is 7.96 Å². The van der Waals surface area contributed by atoms with Gasteiger partial charge in [-0.15, -0.1) is 0 Å². The number of carbonyl (C=O) groups is 1. The number of aliphatic hydroxyl groups excluding tert-OH is 1. The Morgan fingerprint density at radius 2 is 1.36 bits per heavy atom. The van der Waals surface area contributed by atoms with E-state index in [1.165, 1.54) is 6.08 Å². The third-order valence-electron chi connectivity index (χ3n) is 2.97. The zero-order valence-corrected chi connectivity index (χ0v) is 17.7. The fourth-order valence-electron chi connectivity index (χ4n) is 1.79. The third-order valence-corrected chi connectivity index (χ3v) is 7.46. The van der Waals surface area contributed by atoms with Crippen molar-refractivity contribution in [2.45, 2.75) is 21.8 Å². The Hall–Kier alpha value is -1.43. The van der Waals surface area contributed by atoms with Gasteiger partial charge in [0.25, 0.3) is 0 Å². The second kappa shape index (κ2) is 11.2. The summed E-state index contributed by atoms with van der Waals surface area (Å²) in [6.07, 6.45) is 1.24. The first kappa shape index (κ1) is 18.6. The van der Waals surface area contributed by atoms with Gasteiger partial charge in [-0.3, -0.25) is 4.79 Å². The second-order valence-corrected chi connectivity index (χ2v) is 13.3. The van der Waals surface area contributed by atoms with Gasteiger partial charge >= 0.3 is 46.0 Å². The van der Waals surface area contributed by atoms with E-state index in [4.69, 9.17) is 0 Å². The van der Waals surface area contributed by atoms with E-state index in [2.05, 4.69) is 13.8 Å². The van der Waals surface area contributed by atoms with Crippen molar-refractivity contribution < 1.29 is 9.90 Å². The minimum atomic E-state index is -0.202. The first-order chi connectivity index (χ1) is 10.7. The summed E-state index contributed by atoms with van der Waals surface area (Å²) >= 11 is -0.0463. The van der Waals surface area contributed by atoms with E-state index in [1.807, 2.05) is 24.3 Å². The average molecular weight is 487 g/mol. The second-order valence-electron chi connectivity index (χ2n) is 4.73. The molecule has 0 amide bonds. The van der Waals surface area contributed by atoms with Crippen molar-refractivity contribution >= 4 is 35.8 Å². The van der Waals surface area contributed by atoms with Gasteiger partial charge in [-0.05, 0) is 0 Å². The standard InChI is InChI=1S/C15H12O2.2C2H5.Tl/c16-14(12-7-3-1-4-8-12)11-15(17)13-9-5-2-6-10-13;2*1-2;/h1-11,16H;2*1H2,2H3;/b14-11-;;;. The number of benzene rings is 2. The molecule has 0 saturated carbocycles. The molecule has 2 nitrogen and oxygen atoms in total. The van der Waals surface area contributed by atoms with E-state index in [1.54, 1.807) is 44.4 Å². The average Bonchev–Trinajstić information content (AvgIpc) is 2.57. The van der Waals surface area contributed by atoms with Crippen LogP contribution in [0.1, 0.15) is 29.8 Å². The molecule has 0 aliphatic rings. The molecule has 0 aromatic heterocycles. The fourth-order valence-corrected chi connectivity index (χ4v) is 4.04. The van der Waals surface area contributed by atoms with Crippen LogP contribution in [0.5, 0.6) is 0 Å². The van der Waals surface area contributed by atoms with Crippen molar-refractivity contribution in [3.63, 3.8) is 0 Å². The monoisotopic (exact) mass is 487 g/mol.